The predicted octanol–water partition coefficient (Wildman–Crippen LogP) is 2.03. The highest BCUT2D eigenvalue weighted by atomic mass is 32.1. The van der Waals surface area contributed by atoms with Gasteiger partial charge in [-0.3, -0.25) is 39.7 Å². The van der Waals surface area contributed by atoms with Crippen LogP contribution in [0.3, 0.4) is 0 Å². The van der Waals surface area contributed by atoms with Crippen molar-refractivity contribution >= 4 is 45.9 Å². The molecule has 10 heteroatoms. The molecule has 5 amide bonds. The van der Waals surface area contributed by atoms with Crippen LogP contribution in [0.1, 0.15) is 67.7 Å². The summed E-state index contributed by atoms with van der Waals surface area (Å²) in [6, 6.07) is 6.42. The summed E-state index contributed by atoms with van der Waals surface area (Å²) in [5, 5.41) is 3.06. The van der Waals surface area contributed by atoms with Crippen LogP contribution in [-0.4, -0.2) is 41.0 Å². The van der Waals surface area contributed by atoms with Crippen LogP contribution in [0.5, 0.6) is 0 Å². The van der Waals surface area contributed by atoms with Crippen LogP contribution in [0.25, 0.3) is 0 Å². The molecule has 0 atom stereocenters. The van der Waals surface area contributed by atoms with Crippen LogP contribution in [0.2, 0.25) is 0 Å². The number of carbonyl (C=O) groups is 5. The third-order valence-corrected chi connectivity index (χ3v) is 6.64. The Kier molecular flexibility index (Phi) is 6.04. The lowest BCUT2D eigenvalue weighted by Crippen LogP contribution is -2.41. The molecule has 0 spiro atoms. The van der Waals surface area contributed by atoms with Gasteiger partial charge in [0.25, 0.3) is 17.7 Å². The predicted molar refractivity (Wildman–Crippen MR) is 117 cm³/mol. The van der Waals surface area contributed by atoms with E-state index in [4.69, 9.17) is 0 Å². The highest BCUT2D eigenvalue weighted by Crippen LogP contribution is 2.37. The topological polar surface area (TPSA) is 125 Å². The monoisotopic (exact) mass is 454 g/mol. The standard InChI is InChI=1S/C22H22N4O5S/c1-12(27)24-25-19(29)18-15-9-3-2-4-10-16(15)32-20(18)23-17(28)11-26-21(30)13-7-5-6-8-14(13)22(26)31/h5-8H,2-4,9-11H2,1H3,(H,23,28)(H,24,27)(H,25,29). The van der Waals surface area contributed by atoms with Crippen molar-refractivity contribution < 1.29 is 24.0 Å². The van der Waals surface area contributed by atoms with Gasteiger partial charge < -0.3 is 5.32 Å². The second-order valence-corrected chi connectivity index (χ2v) is 8.80. The van der Waals surface area contributed by atoms with E-state index in [2.05, 4.69) is 16.2 Å². The number of hydrogen-bond acceptors (Lipinski definition) is 6. The van der Waals surface area contributed by atoms with Gasteiger partial charge in [-0.2, -0.15) is 0 Å². The molecule has 0 unspecified atom stereocenters. The molecule has 0 bridgehead atoms. The number of rotatable bonds is 4. The number of aryl methyl sites for hydroxylation is 1. The minimum absolute atomic E-state index is 0.267. The van der Waals surface area contributed by atoms with Gasteiger partial charge in [0.2, 0.25) is 11.8 Å². The van der Waals surface area contributed by atoms with E-state index >= 15 is 0 Å². The van der Waals surface area contributed by atoms with E-state index in [-0.39, 0.29) is 11.1 Å². The van der Waals surface area contributed by atoms with Crippen LogP contribution < -0.4 is 16.2 Å². The first-order chi connectivity index (χ1) is 15.4. The molecule has 9 nitrogen and oxygen atoms in total. The number of thiophene rings is 1. The smallest absolute Gasteiger partial charge is 0.272 e. The van der Waals surface area contributed by atoms with Gasteiger partial charge in [0.15, 0.2) is 0 Å². The van der Waals surface area contributed by atoms with Crippen LogP contribution in [0.4, 0.5) is 5.00 Å². The van der Waals surface area contributed by atoms with Crippen molar-refractivity contribution in [2.45, 2.75) is 39.0 Å². The molecule has 32 heavy (non-hydrogen) atoms. The number of carbonyl (C=O) groups excluding carboxylic acids is 5. The van der Waals surface area contributed by atoms with Crippen LogP contribution in [-0.2, 0) is 22.4 Å². The van der Waals surface area contributed by atoms with Gasteiger partial charge in [0.1, 0.15) is 11.5 Å². The molecule has 4 rings (SSSR count). The molecule has 0 fully saturated rings. The van der Waals surface area contributed by atoms with Gasteiger partial charge in [-0.15, -0.1) is 11.3 Å². The second kappa shape index (κ2) is 8.91. The molecule has 0 radical (unpaired) electrons. The average molecular weight is 455 g/mol. The Morgan fingerprint density at radius 3 is 2.28 bits per heavy atom. The maximum absolute atomic E-state index is 12.8. The maximum atomic E-state index is 12.8. The van der Waals surface area contributed by atoms with E-state index in [1.807, 2.05) is 0 Å². The molecule has 0 saturated heterocycles. The maximum Gasteiger partial charge on any atom is 0.272 e. The Hall–Kier alpha value is -3.53. The Morgan fingerprint density at radius 1 is 0.969 bits per heavy atom. The summed E-state index contributed by atoms with van der Waals surface area (Å²) in [6.07, 6.45) is 4.46. The summed E-state index contributed by atoms with van der Waals surface area (Å²) >= 11 is 1.32. The first kappa shape index (κ1) is 21.7. The zero-order valence-electron chi connectivity index (χ0n) is 17.4. The Morgan fingerprint density at radius 2 is 1.62 bits per heavy atom. The lowest BCUT2D eigenvalue weighted by atomic mass is 10.1. The van der Waals surface area contributed by atoms with Crippen molar-refractivity contribution in [1.29, 1.82) is 0 Å². The first-order valence-electron chi connectivity index (χ1n) is 10.3. The fraction of sp³-hybridized carbons (Fsp3) is 0.318. The number of imide groups is 1. The summed E-state index contributed by atoms with van der Waals surface area (Å²) < 4.78 is 0. The molecule has 1 aromatic carbocycles. The Balaban J connectivity index is 1.55. The average Bonchev–Trinajstić information content (AvgIpc) is 3.09. The minimum atomic E-state index is -0.579. The molecule has 2 aromatic rings. The summed E-state index contributed by atoms with van der Waals surface area (Å²) in [7, 11) is 0. The van der Waals surface area contributed by atoms with Crippen molar-refractivity contribution in [3.05, 3.63) is 51.4 Å². The highest BCUT2D eigenvalue weighted by Gasteiger charge is 2.36. The zero-order chi connectivity index (χ0) is 22.8. The third-order valence-electron chi connectivity index (χ3n) is 5.43. The zero-order valence-corrected chi connectivity index (χ0v) is 18.3. The highest BCUT2D eigenvalue weighted by molar-refractivity contribution is 7.17. The van der Waals surface area contributed by atoms with Crippen molar-refractivity contribution in [1.82, 2.24) is 15.8 Å². The molecular weight excluding hydrogens is 432 g/mol. The van der Waals surface area contributed by atoms with Gasteiger partial charge in [-0.25, -0.2) is 0 Å². The van der Waals surface area contributed by atoms with Crippen molar-refractivity contribution in [3.63, 3.8) is 0 Å². The molecule has 166 valence electrons. The number of benzene rings is 1. The minimum Gasteiger partial charge on any atom is -0.315 e. The van der Waals surface area contributed by atoms with Gasteiger partial charge in [0.05, 0.1) is 16.7 Å². The van der Waals surface area contributed by atoms with Crippen LogP contribution >= 0.6 is 11.3 Å². The fourth-order valence-corrected chi connectivity index (χ4v) is 5.27. The van der Waals surface area contributed by atoms with E-state index in [1.54, 1.807) is 24.3 Å². The quantitative estimate of drug-likeness (QED) is 0.370. The molecule has 2 heterocycles. The summed E-state index contributed by atoms with van der Waals surface area (Å²) in [5.74, 6) is -2.56. The summed E-state index contributed by atoms with van der Waals surface area (Å²) in [6.45, 7) is 0.820. The van der Waals surface area contributed by atoms with Crippen LogP contribution in [0.15, 0.2) is 24.3 Å². The number of nitrogens with one attached hydrogen (secondary N) is 3. The van der Waals surface area contributed by atoms with Crippen LogP contribution in [0, 0.1) is 0 Å². The molecule has 2 aliphatic rings. The van der Waals surface area contributed by atoms with Gasteiger partial charge in [-0.05, 0) is 43.4 Å². The SMILES string of the molecule is CC(=O)NNC(=O)c1c(NC(=O)CN2C(=O)c3ccccc3C2=O)sc2c1CCCCC2. The largest absolute Gasteiger partial charge is 0.315 e. The van der Waals surface area contributed by atoms with Crippen molar-refractivity contribution in [2.24, 2.45) is 0 Å². The van der Waals surface area contributed by atoms with E-state index < -0.39 is 36.1 Å². The van der Waals surface area contributed by atoms with Crippen molar-refractivity contribution in [3.8, 4) is 0 Å². The lowest BCUT2D eigenvalue weighted by molar-refractivity contribution is -0.119. The third kappa shape index (κ3) is 4.13. The number of amides is 5. The Bertz CT molecular complexity index is 1100. The van der Waals surface area contributed by atoms with Gasteiger partial charge in [0, 0.05) is 11.8 Å². The summed E-state index contributed by atoms with van der Waals surface area (Å²) in [4.78, 5) is 63.8. The number of anilines is 1. The van der Waals surface area contributed by atoms with E-state index in [0.29, 0.717) is 17.0 Å². The molecule has 1 aliphatic carbocycles. The van der Waals surface area contributed by atoms with E-state index in [0.717, 1.165) is 41.0 Å². The molecule has 0 saturated carbocycles. The number of hydrogen-bond donors (Lipinski definition) is 3. The Labute approximate surface area is 188 Å². The van der Waals surface area contributed by atoms with Gasteiger partial charge in [-0.1, -0.05) is 18.6 Å². The molecule has 1 aliphatic heterocycles. The van der Waals surface area contributed by atoms with E-state index in [1.165, 1.54) is 18.3 Å². The van der Waals surface area contributed by atoms with E-state index in [9.17, 15) is 24.0 Å². The van der Waals surface area contributed by atoms with Gasteiger partial charge >= 0.3 is 0 Å². The molecule has 3 N–H and O–H groups in total. The molecule has 1 aromatic heterocycles. The second-order valence-electron chi connectivity index (χ2n) is 7.69. The number of fused-ring (bicyclic) bond motifs is 2. The molecular formula is C22H22N4O5S. The number of nitrogens with zero attached hydrogens (tertiary/aromatic N) is 1. The fourth-order valence-electron chi connectivity index (χ4n) is 3.97. The first-order valence-corrected chi connectivity index (χ1v) is 11.1. The summed E-state index contributed by atoms with van der Waals surface area (Å²) in [5.41, 5.74) is 6.36. The normalized spacial score (nSPS) is 15.0. The number of hydrazine groups is 1. The van der Waals surface area contributed by atoms with Crippen molar-refractivity contribution in [2.75, 3.05) is 11.9 Å². The lowest BCUT2D eigenvalue weighted by Gasteiger charge is -2.14.